The lowest BCUT2D eigenvalue weighted by Crippen LogP contribution is -2.38. The molecule has 0 atom stereocenters. The van der Waals surface area contributed by atoms with Gasteiger partial charge in [0.1, 0.15) is 5.82 Å². The molecule has 2 aromatic carbocycles. The number of halogens is 1. The third-order valence-corrected chi connectivity index (χ3v) is 4.66. The van der Waals surface area contributed by atoms with E-state index in [-0.39, 0.29) is 5.82 Å². The van der Waals surface area contributed by atoms with Gasteiger partial charge in [0.2, 0.25) is 0 Å². The van der Waals surface area contributed by atoms with Crippen molar-refractivity contribution in [3.05, 3.63) is 53.8 Å². The molecule has 0 radical (unpaired) electrons. The van der Waals surface area contributed by atoms with Crippen molar-refractivity contribution in [1.82, 2.24) is 4.90 Å². The summed E-state index contributed by atoms with van der Waals surface area (Å²) in [5.41, 5.74) is 2.21. The lowest BCUT2D eigenvalue weighted by atomic mass is 10.0. The molecular weight excluding hydrogens is 319 g/mol. The van der Waals surface area contributed by atoms with E-state index in [2.05, 4.69) is 16.3 Å². The Morgan fingerprint density at radius 3 is 2.32 bits per heavy atom. The molecule has 1 saturated heterocycles. The summed E-state index contributed by atoms with van der Waals surface area (Å²) in [5, 5.41) is 3.50. The Morgan fingerprint density at radius 1 is 1.00 bits per heavy atom. The Morgan fingerprint density at radius 2 is 1.68 bits per heavy atom. The van der Waals surface area contributed by atoms with Crippen LogP contribution in [0.4, 0.5) is 10.1 Å². The van der Waals surface area contributed by atoms with Crippen LogP contribution < -0.4 is 14.8 Å². The van der Waals surface area contributed by atoms with Crippen molar-refractivity contribution in [2.75, 3.05) is 32.6 Å². The second-order valence-corrected chi connectivity index (χ2v) is 6.39. The first-order chi connectivity index (χ1) is 12.2. The summed E-state index contributed by atoms with van der Waals surface area (Å²) in [7, 11) is 3.31. The minimum Gasteiger partial charge on any atom is -0.493 e. The molecule has 0 aromatic heterocycles. The molecule has 5 heteroatoms. The van der Waals surface area contributed by atoms with E-state index in [0.29, 0.717) is 6.04 Å². The normalized spacial score (nSPS) is 15.8. The maximum atomic E-state index is 13.0. The first-order valence-corrected chi connectivity index (χ1v) is 8.63. The average molecular weight is 344 g/mol. The van der Waals surface area contributed by atoms with Gasteiger partial charge in [-0.05, 0) is 54.8 Å². The van der Waals surface area contributed by atoms with Crippen molar-refractivity contribution >= 4 is 5.69 Å². The van der Waals surface area contributed by atoms with Crippen LogP contribution in [0.3, 0.4) is 0 Å². The highest BCUT2D eigenvalue weighted by molar-refractivity contribution is 5.44. The number of ether oxygens (including phenoxy) is 2. The number of rotatable bonds is 6. The predicted octanol–water partition coefficient (Wildman–Crippen LogP) is 3.92. The molecule has 4 nitrogen and oxygen atoms in total. The van der Waals surface area contributed by atoms with Gasteiger partial charge >= 0.3 is 0 Å². The lowest BCUT2D eigenvalue weighted by Gasteiger charge is -2.33. The second kappa shape index (κ2) is 8.21. The molecule has 0 spiro atoms. The molecule has 0 aliphatic carbocycles. The summed E-state index contributed by atoms with van der Waals surface area (Å²) in [5.74, 6) is 1.33. The Hall–Kier alpha value is -2.27. The third kappa shape index (κ3) is 4.63. The molecule has 0 saturated carbocycles. The monoisotopic (exact) mass is 344 g/mol. The maximum absolute atomic E-state index is 13.0. The Labute approximate surface area is 148 Å². The van der Waals surface area contributed by atoms with Crippen molar-refractivity contribution in [3.63, 3.8) is 0 Å². The molecule has 1 aliphatic heterocycles. The second-order valence-electron chi connectivity index (χ2n) is 6.39. The minimum atomic E-state index is -0.199. The van der Waals surface area contributed by atoms with E-state index < -0.39 is 0 Å². The number of piperidine rings is 1. The van der Waals surface area contributed by atoms with Crippen LogP contribution in [0.1, 0.15) is 18.4 Å². The number of anilines is 1. The zero-order chi connectivity index (χ0) is 17.6. The van der Waals surface area contributed by atoms with Crippen LogP contribution in [0.2, 0.25) is 0 Å². The molecule has 0 amide bonds. The van der Waals surface area contributed by atoms with Gasteiger partial charge in [-0.2, -0.15) is 0 Å². The molecule has 0 bridgehead atoms. The Balaban J connectivity index is 1.51. The SMILES string of the molecule is COc1ccc(CN2CCC(Nc3ccc(F)cc3)CC2)cc1OC. The first-order valence-electron chi connectivity index (χ1n) is 8.63. The van der Waals surface area contributed by atoms with Crippen LogP contribution in [-0.2, 0) is 6.54 Å². The number of benzene rings is 2. The molecule has 1 heterocycles. The van der Waals surface area contributed by atoms with Gasteiger partial charge in [-0.25, -0.2) is 4.39 Å². The highest BCUT2D eigenvalue weighted by atomic mass is 19.1. The molecule has 2 aromatic rings. The van der Waals surface area contributed by atoms with Crippen LogP contribution in [0.5, 0.6) is 11.5 Å². The van der Waals surface area contributed by atoms with Crippen LogP contribution in [-0.4, -0.2) is 38.3 Å². The van der Waals surface area contributed by atoms with E-state index in [1.54, 1.807) is 26.4 Å². The summed E-state index contributed by atoms with van der Waals surface area (Å²) in [4.78, 5) is 2.45. The third-order valence-electron chi connectivity index (χ3n) is 4.66. The van der Waals surface area contributed by atoms with E-state index in [4.69, 9.17) is 9.47 Å². The molecule has 1 N–H and O–H groups in total. The summed E-state index contributed by atoms with van der Waals surface area (Å²) in [6, 6.07) is 13.1. The predicted molar refractivity (Wildman–Crippen MR) is 97.9 cm³/mol. The maximum Gasteiger partial charge on any atom is 0.161 e. The smallest absolute Gasteiger partial charge is 0.161 e. The fourth-order valence-electron chi connectivity index (χ4n) is 3.25. The fourth-order valence-corrected chi connectivity index (χ4v) is 3.25. The van der Waals surface area contributed by atoms with Gasteiger partial charge in [0.15, 0.2) is 11.5 Å². The zero-order valence-corrected chi connectivity index (χ0v) is 14.8. The summed E-state index contributed by atoms with van der Waals surface area (Å²) >= 11 is 0. The van der Waals surface area contributed by atoms with Gasteiger partial charge < -0.3 is 14.8 Å². The van der Waals surface area contributed by atoms with Crippen molar-refractivity contribution in [3.8, 4) is 11.5 Å². The first kappa shape index (κ1) is 17.5. The number of methoxy groups -OCH3 is 2. The quantitative estimate of drug-likeness (QED) is 0.861. The topological polar surface area (TPSA) is 33.7 Å². The summed E-state index contributed by atoms with van der Waals surface area (Å²) < 4.78 is 23.6. The molecule has 1 aliphatic rings. The number of nitrogens with zero attached hydrogens (tertiary/aromatic N) is 1. The van der Waals surface area contributed by atoms with E-state index >= 15 is 0 Å². The van der Waals surface area contributed by atoms with Gasteiger partial charge in [0.25, 0.3) is 0 Å². The minimum absolute atomic E-state index is 0.199. The van der Waals surface area contributed by atoms with Gasteiger partial charge in [-0.1, -0.05) is 6.07 Å². The number of likely N-dealkylation sites (tertiary alicyclic amines) is 1. The van der Waals surface area contributed by atoms with Gasteiger partial charge in [-0.15, -0.1) is 0 Å². The lowest BCUT2D eigenvalue weighted by molar-refractivity contribution is 0.211. The standard InChI is InChI=1S/C20H25FN2O2/c1-24-19-8-3-15(13-20(19)25-2)14-23-11-9-18(10-12-23)22-17-6-4-16(21)5-7-17/h3-8,13,18,22H,9-12,14H2,1-2H3. The summed E-state index contributed by atoms with van der Waals surface area (Å²) in [6.45, 7) is 2.98. The Bertz CT molecular complexity index is 683. The van der Waals surface area contributed by atoms with E-state index in [0.717, 1.165) is 49.7 Å². The van der Waals surface area contributed by atoms with Gasteiger partial charge in [-0.3, -0.25) is 4.90 Å². The number of hydrogen-bond acceptors (Lipinski definition) is 4. The van der Waals surface area contributed by atoms with Crippen LogP contribution in [0.25, 0.3) is 0 Å². The molecule has 0 unspecified atom stereocenters. The van der Waals surface area contributed by atoms with Crippen LogP contribution >= 0.6 is 0 Å². The largest absolute Gasteiger partial charge is 0.493 e. The van der Waals surface area contributed by atoms with Crippen molar-refractivity contribution in [2.24, 2.45) is 0 Å². The highest BCUT2D eigenvalue weighted by Gasteiger charge is 2.19. The average Bonchev–Trinajstić information content (AvgIpc) is 2.65. The Kier molecular flexibility index (Phi) is 5.76. The van der Waals surface area contributed by atoms with Crippen molar-refractivity contribution < 1.29 is 13.9 Å². The molecule has 1 fully saturated rings. The number of hydrogen-bond donors (Lipinski definition) is 1. The van der Waals surface area contributed by atoms with Crippen LogP contribution in [0, 0.1) is 5.82 Å². The summed E-state index contributed by atoms with van der Waals surface area (Å²) in [6.07, 6.45) is 2.15. The molecule has 3 rings (SSSR count). The fraction of sp³-hybridized carbons (Fsp3) is 0.400. The van der Waals surface area contributed by atoms with E-state index in [1.165, 1.54) is 17.7 Å². The van der Waals surface area contributed by atoms with Crippen molar-refractivity contribution in [1.29, 1.82) is 0 Å². The zero-order valence-electron chi connectivity index (χ0n) is 14.8. The molecule has 134 valence electrons. The van der Waals surface area contributed by atoms with Gasteiger partial charge in [0, 0.05) is 31.4 Å². The highest BCUT2D eigenvalue weighted by Crippen LogP contribution is 2.28. The van der Waals surface area contributed by atoms with Crippen molar-refractivity contribution in [2.45, 2.75) is 25.4 Å². The van der Waals surface area contributed by atoms with E-state index in [9.17, 15) is 4.39 Å². The van der Waals surface area contributed by atoms with E-state index in [1.807, 2.05) is 12.1 Å². The number of nitrogens with one attached hydrogen (secondary N) is 1. The molecule has 25 heavy (non-hydrogen) atoms. The van der Waals surface area contributed by atoms with Gasteiger partial charge in [0.05, 0.1) is 14.2 Å². The van der Waals surface area contributed by atoms with Crippen LogP contribution in [0.15, 0.2) is 42.5 Å². The molecular formula is C20H25FN2O2.